The van der Waals surface area contributed by atoms with Crippen LogP contribution in [0.2, 0.25) is 0 Å². The molecule has 0 saturated carbocycles. The van der Waals surface area contributed by atoms with E-state index in [1.54, 1.807) is 43.1 Å². The largest absolute Gasteiger partial charge is 0.478 e. The number of aryl methyl sites for hydroxylation is 1. The molecule has 0 spiro atoms. The van der Waals surface area contributed by atoms with Gasteiger partial charge in [0, 0.05) is 25.4 Å². The van der Waals surface area contributed by atoms with Crippen molar-refractivity contribution in [1.82, 2.24) is 14.5 Å². The molecule has 0 aliphatic carbocycles. The number of oxazole rings is 1. The molecule has 1 atom stereocenters. The van der Waals surface area contributed by atoms with E-state index in [1.807, 2.05) is 0 Å². The molecular weight excluding hydrogens is 396 g/mol. The van der Waals surface area contributed by atoms with Gasteiger partial charge in [0.1, 0.15) is 6.54 Å². The number of nitriles is 1. The number of carboxylic acid groups (broad SMARTS) is 1. The first-order chi connectivity index (χ1) is 14.9. The average Bonchev–Trinajstić information content (AvgIpc) is 3.37. The van der Waals surface area contributed by atoms with Crippen LogP contribution in [0.1, 0.15) is 42.1 Å². The van der Waals surface area contributed by atoms with Crippen molar-refractivity contribution in [2.75, 3.05) is 14.1 Å². The summed E-state index contributed by atoms with van der Waals surface area (Å²) in [7, 11) is 3.35. The number of benzene rings is 1. The molecule has 8 heteroatoms. The molecule has 2 heterocycles. The predicted molar refractivity (Wildman–Crippen MR) is 115 cm³/mol. The number of rotatable bonds is 9. The number of amides is 1. The van der Waals surface area contributed by atoms with Gasteiger partial charge < -0.3 is 19.0 Å². The molecule has 0 saturated heterocycles. The van der Waals surface area contributed by atoms with Gasteiger partial charge >= 0.3 is 5.97 Å². The van der Waals surface area contributed by atoms with Crippen LogP contribution in [0.5, 0.6) is 0 Å². The molecule has 162 valence electrons. The fraction of sp³-hybridized carbons (Fsp3) is 0.391. The van der Waals surface area contributed by atoms with Crippen LogP contribution in [-0.4, -0.2) is 45.5 Å². The Morgan fingerprint density at radius 1 is 1.32 bits per heavy atom. The first-order valence-electron chi connectivity index (χ1n) is 10.2. The molecule has 8 nitrogen and oxygen atoms in total. The molecule has 1 amide bonds. The van der Waals surface area contributed by atoms with E-state index in [0.717, 1.165) is 23.8 Å². The highest BCUT2D eigenvalue weighted by molar-refractivity contribution is 5.98. The summed E-state index contributed by atoms with van der Waals surface area (Å²) in [6.45, 7) is 2.08. The number of fused-ring (bicyclic) bond motifs is 1. The first-order valence-corrected chi connectivity index (χ1v) is 10.2. The highest BCUT2D eigenvalue weighted by Gasteiger charge is 2.24. The number of hydrogen-bond acceptors (Lipinski definition) is 5. The van der Waals surface area contributed by atoms with Crippen LogP contribution in [0, 0.1) is 17.2 Å². The second kappa shape index (κ2) is 9.47. The third kappa shape index (κ3) is 4.61. The second-order valence-electron chi connectivity index (χ2n) is 7.76. The maximum absolute atomic E-state index is 12.6. The Morgan fingerprint density at radius 3 is 2.68 bits per heavy atom. The van der Waals surface area contributed by atoms with Gasteiger partial charge in [-0.05, 0) is 37.0 Å². The Kier molecular flexibility index (Phi) is 6.75. The second-order valence-corrected chi connectivity index (χ2v) is 7.76. The lowest BCUT2D eigenvalue weighted by atomic mass is 9.95. The molecule has 0 aliphatic rings. The Hall–Kier alpha value is -3.60. The lowest BCUT2D eigenvalue weighted by molar-refractivity contribution is -0.129. The zero-order valence-electron chi connectivity index (χ0n) is 18.0. The zero-order chi connectivity index (χ0) is 22.5. The number of hydrogen-bond donors (Lipinski definition) is 1. The number of carbonyl (C=O) groups is 2. The monoisotopic (exact) mass is 422 g/mol. The standard InChI is InChI=1S/C23H26N4O4/c1-4-5-15(11-24)6-8-18-17-9-7-16(23(29)30)10-19(17)27(13-21(28)26(2)3)22(18)20-12-25-14-31-20/h7,9-10,12,14-15H,4-6,8,13H2,1-3H3,(H,29,30). The minimum absolute atomic E-state index is 0.0270. The maximum atomic E-state index is 12.6. The SMILES string of the molecule is CCCC(C#N)CCc1c(-c2cnco2)n(CC(=O)N(C)C)c2cc(C(=O)O)ccc12. The minimum atomic E-state index is -1.04. The van der Waals surface area contributed by atoms with E-state index in [0.29, 0.717) is 29.8 Å². The summed E-state index contributed by atoms with van der Waals surface area (Å²) >= 11 is 0. The van der Waals surface area contributed by atoms with Gasteiger partial charge in [-0.1, -0.05) is 19.4 Å². The molecule has 2 aromatic heterocycles. The van der Waals surface area contributed by atoms with Gasteiger partial charge in [0.25, 0.3) is 0 Å². The Labute approximate surface area is 180 Å². The molecule has 1 N–H and O–H groups in total. The van der Waals surface area contributed by atoms with Gasteiger partial charge in [0.05, 0.1) is 29.0 Å². The van der Waals surface area contributed by atoms with Crippen LogP contribution < -0.4 is 0 Å². The molecular formula is C23H26N4O4. The zero-order valence-corrected chi connectivity index (χ0v) is 18.0. The summed E-state index contributed by atoms with van der Waals surface area (Å²) < 4.78 is 7.39. The fourth-order valence-corrected chi connectivity index (χ4v) is 3.80. The predicted octanol–water partition coefficient (Wildman–Crippen LogP) is 3.96. The van der Waals surface area contributed by atoms with E-state index in [9.17, 15) is 20.0 Å². The van der Waals surface area contributed by atoms with Crippen molar-refractivity contribution in [3.63, 3.8) is 0 Å². The van der Waals surface area contributed by atoms with Crippen molar-refractivity contribution in [2.45, 2.75) is 39.2 Å². The topological polar surface area (TPSA) is 112 Å². The summed E-state index contributed by atoms with van der Waals surface area (Å²) in [5, 5.41) is 19.8. The Bertz CT molecular complexity index is 1120. The van der Waals surface area contributed by atoms with E-state index in [-0.39, 0.29) is 23.9 Å². The summed E-state index contributed by atoms with van der Waals surface area (Å²) in [6, 6.07) is 7.28. The highest BCUT2D eigenvalue weighted by atomic mass is 16.4. The highest BCUT2D eigenvalue weighted by Crippen LogP contribution is 2.36. The van der Waals surface area contributed by atoms with Crippen LogP contribution >= 0.6 is 0 Å². The first kappa shape index (κ1) is 22.1. The van der Waals surface area contributed by atoms with E-state index in [1.165, 1.54) is 11.3 Å². The molecule has 31 heavy (non-hydrogen) atoms. The lowest BCUT2D eigenvalue weighted by Gasteiger charge is -2.14. The summed E-state index contributed by atoms with van der Waals surface area (Å²) in [5.41, 5.74) is 2.39. The Balaban J connectivity index is 2.22. The number of carbonyl (C=O) groups excluding carboxylic acids is 1. The fourth-order valence-electron chi connectivity index (χ4n) is 3.80. The molecule has 1 unspecified atom stereocenters. The minimum Gasteiger partial charge on any atom is -0.478 e. The number of aromatic nitrogens is 2. The molecule has 0 fully saturated rings. The molecule has 0 radical (unpaired) electrons. The molecule has 1 aromatic carbocycles. The van der Waals surface area contributed by atoms with Crippen LogP contribution in [0.25, 0.3) is 22.4 Å². The maximum Gasteiger partial charge on any atom is 0.335 e. The van der Waals surface area contributed by atoms with Gasteiger partial charge in [-0.3, -0.25) is 4.79 Å². The normalized spacial score (nSPS) is 11.9. The van der Waals surface area contributed by atoms with Crippen molar-refractivity contribution in [1.29, 1.82) is 5.26 Å². The van der Waals surface area contributed by atoms with E-state index >= 15 is 0 Å². The van der Waals surface area contributed by atoms with Crippen LogP contribution in [0.3, 0.4) is 0 Å². The third-order valence-electron chi connectivity index (χ3n) is 5.44. The van der Waals surface area contributed by atoms with Crippen LogP contribution in [0.4, 0.5) is 0 Å². The van der Waals surface area contributed by atoms with Crippen molar-refractivity contribution in [2.24, 2.45) is 5.92 Å². The van der Waals surface area contributed by atoms with Crippen molar-refractivity contribution in [3.05, 3.63) is 41.9 Å². The average molecular weight is 422 g/mol. The van der Waals surface area contributed by atoms with Crippen molar-refractivity contribution in [3.8, 4) is 17.5 Å². The van der Waals surface area contributed by atoms with Crippen LogP contribution in [-0.2, 0) is 17.8 Å². The summed E-state index contributed by atoms with van der Waals surface area (Å²) in [5.74, 6) is -0.749. The molecule has 0 aliphatic heterocycles. The van der Waals surface area contributed by atoms with Crippen LogP contribution in [0.15, 0.2) is 35.2 Å². The van der Waals surface area contributed by atoms with E-state index < -0.39 is 5.97 Å². The van der Waals surface area contributed by atoms with Gasteiger partial charge in [0.2, 0.25) is 5.91 Å². The van der Waals surface area contributed by atoms with Gasteiger partial charge in [-0.15, -0.1) is 0 Å². The van der Waals surface area contributed by atoms with Gasteiger partial charge in [-0.2, -0.15) is 5.26 Å². The Morgan fingerprint density at radius 2 is 2.10 bits per heavy atom. The third-order valence-corrected chi connectivity index (χ3v) is 5.44. The summed E-state index contributed by atoms with van der Waals surface area (Å²) in [6.07, 6.45) is 5.91. The molecule has 0 bridgehead atoms. The van der Waals surface area contributed by atoms with Crippen molar-refractivity contribution >= 4 is 22.8 Å². The lowest BCUT2D eigenvalue weighted by Crippen LogP contribution is -2.26. The molecule has 3 aromatic rings. The smallest absolute Gasteiger partial charge is 0.335 e. The van der Waals surface area contributed by atoms with E-state index in [2.05, 4.69) is 18.0 Å². The van der Waals surface area contributed by atoms with Crippen molar-refractivity contribution < 1.29 is 19.1 Å². The number of likely N-dealkylation sites (N-methyl/N-ethyl adjacent to an activating group) is 1. The summed E-state index contributed by atoms with van der Waals surface area (Å²) in [4.78, 5) is 29.7. The number of carboxylic acids is 1. The van der Waals surface area contributed by atoms with E-state index in [4.69, 9.17) is 4.42 Å². The van der Waals surface area contributed by atoms with Gasteiger partial charge in [-0.25, -0.2) is 9.78 Å². The number of aromatic carboxylic acids is 1. The van der Waals surface area contributed by atoms with Gasteiger partial charge in [0.15, 0.2) is 12.2 Å². The quantitative estimate of drug-likeness (QED) is 0.559. The molecule has 3 rings (SSSR count). The number of nitrogens with zero attached hydrogens (tertiary/aromatic N) is 4.